The van der Waals surface area contributed by atoms with Crippen LogP contribution in [0.15, 0.2) is 28.0 Å². The first-order valence-electron chi connectivity index (χ1n) is 10.9. The number of carbonyl (C=O) groups is 1. The fourth-order valence-electron chi connectivity index (χ4n) is 3.72. The Morgan fingerprint density at radius 3 is 2.45 bits per heavy atom. The van der Waals surface area contributed by atoms with Crippen LogP contribution >= 0.6 is 11.8 Å². The summed E-state index contributed by atoms with van der Waals surface area (Å²) < 4.78 is 28.5. The van der Waals surface area contributed by atoms with Crippen LogP contribution in [-0.4, -0.2) is 45.1 Å². The van der Waals surface area contributed by atoms with Crippen molar-refractivity contribution in [1.82, 2.24) is 9.62 Å². The molecule has 1 aliphatic rings. The van der Waals surface area contributed by atoms with E-state index >= 15 is 0 Å². The van der Waals surface area contributed by atoms with Crippen molar-refractivity contribution in [3.63, 3.8) is 0 Å². The number of amides is 1. The smallest absolute Gasteiger partial charge is 0.255 e. The van der Waals surface area contributed by atoms with Gasteiger partial charge in [0.2, 0.25) is 10.0 Å². The minimum atomic E-state index is -3.64. The van der Waals surface area contributed by atoms with Crippen molar-refractivity contribution in [3.8, 4) is 0 Å². The monoisotopic (exact) mass is 440 g/mol. The van der Waals surface area contributed by atoms with Crippen molar-refractivity contribution < 1.29 is 13.2 Å². The van der Waals surface area contributed by atoms with Crippen molar-refractivity contribution in [1.29, 1.82) is 0 Å². The molecular formula is C22H36N2O3S2. The summed E-state index contributed by atoms with van der Waals surface area (Å²) in [6.45, 7) is 6.18. The predicted molar refractivity (Wildman–Crippen MR) is 121 cm³/mol. The summed E-state index contributed by atoms with van der Waals surface area (Å²) in [5.74, 6) is 0.288. The number of benzene rings is 1. The Bertz CT molecular complexity index is 757. The van der Waals surface area contributed by atoms with Crippen LogP contribution < -0.4 is 4.72 Å². The molecule has 29 heavy (non-hydrogen) atoms. The number of sulfonamides is 1. The lowest BCUT2D eigenvalue weighted by molar-refractivity contribution is 0.0758. The molecule has 1 heterocycles. The van der Waals surface area contributed by atoms with Gasteiger partial charge >= 0.3 is 0 Å². The molecule has 7 heteroatoms. The van der Waals surface area contributed by atoms with Gasteiger partial charge in [0.25, 0.3) is 5.91 Å². The normalized spacial score (nSPS) is 16.4. The van der Waals surface area contributed by atoms with Gasteiger partial charge in [-0.25, -0.2) is 13.1 Å². The molecule has 0 unspecified atom stereocenters. The Kier molecular flexibility index (Phi) is 9.99. The van der Waals surface area contributed by atoms with E-state index in [0.29, 0.717) is 18.0 Å². The Morgan fingerprint density at radius 2 is 1.86 bits per heavy atom. The molecule has 0 aromatic heterocycles. The Morgan fingerprint density at radius 1 is 1.17 bits per heavy atom. The SMILES string of the molecule is CCCC[C@H](CC)CNS(=O)(=O)c1ccc(SC)c(C(=O)N2CCCCCC2)c1. The molecule has 1 saturated heterocycles. The van der Waals surface area contributed by atoms with E-state index in [1.807, 2.05) is 11.2 Å². The zero-order valence-electron chi connectivity index (χ0n) is 18.1. The predicted octanol–water partition coefficient (Wildman–Crippen LogP) is 4.92. The average molecular weight is 441 g/mol. The molecule has 0 bridgehead atoms. The van der Waals surface area contributed by atoms with Crippen LogP contribution in [0.25, 0.3) is 0 Å². The van der Waals surface area contributed by atoms with E-state index in [9.17, 15) is 13.2 Å². The first-order chi connectivity index (χ1) is 13.9. The van der Waals surface area contributed by atoms with E-state index in [-0.39, 0.29) is 10.8 Å². The highest BCUT2D eigenvalue weighted by molar-refractivity contribution is 7.98. The van der Waals surface area contributed by atoms with Crippen molar-refractivity contribution in [2.24, 2.45) is 5.92 Å². The molecule has 5 nitrogen and oxygen atoms in total. The molecule has 1 aromatic rings. The van der Waals surface area contributed by atoms with Gasteiger partial charge in [-0.3, -0.25) is 4.79 Å². The molecule has 1 aliphatic heterocycles. The highest BCUT2D eigenvalue weighted by Gasteiger charge is 2.23. The van der Waals surface area contributed by atoms with E-state index in [4.69, 9.17) is 0 Å². The summed E-state index contributed by atoms with van der Waals surface area (Å²) in [5.41, 5.74) is 0.500. The van der Waals surface area contributed by atoms with Crippen LogP contribution in [-0.2, 0) is 10.0 Å². The van der Waals surface area contributed by atoms with Gasteiger partial charge < -0.3 is 4.90 Å². The van der Waals surface area contributed by atoms with Crippen LogP contribution in [0.3, 0.4) is 0 Å². The maximum absolute atomic E-state index is 13.1. The second-order valence-electron chi connectivity index (χ2n) is 7.84. The van der Waals surface area contributed by atoms with E-state index in [1.54, 1.807) is 18.2 Å². The van der Waals surface area contributed by atoms with Gasteiger partial charge in [-0.1, -0.05) is 46.0 Å². The Hall–Kier alpha value is -1.05. The molecule has 0 aliphatic carbocycles. The Labute approximate surface area is 181 Å². The molecule has 1 atom stereocenters. The third kappa shape index (κ3) is 7.00. The fourth-order valence-corrected chi connectivity index (χ4v) is 5.43. The second-order valence-corrected chi connectivity index (χ2v) is 10.5. The summed E-state index contributed by atoms with van der Waals surface area (Å²) >= 11 is 1.48. The highest BCUT2D eigenvalue weighted by Crippen LogP contribution is 2.26. The summed E-state index contributed by atoms with van der Waals surface area (Å²) in [7, 11) is -3.64. The molecule has 1 N–H and O–H groups in total. The van der Waals surface area contributed by atoms with Crippen molar-refractivity contribution in [2.75, 3.05) is 25.9 Å². The zero-order valence-corrected chi connectivity index (χ0v) is 19.7. The standard InChI is InChI=1S/C22H36N2O3S2/c1-4-6-11-18(5-2)17-23-29(26,27)19-12-13-21(28-3)20(16-19)22(25)24-14-9-7-8-10-15-24/h12-13,16,18,23H,4-11,14-15,17H2,1-3H3/t18-/m0/s1. The van der Waals surface area contributed by atoms with Gasteiger partial charge in [-0.2, -0.15) is 0 Å². The van der Waals surface area contributed by atoms with E-state index < -0.39 is 10.0 Å². The molecule has 1 amide bonds. The number of hydrogen-bond acceptors (Lipinski definition) is 4. The number of thioether (sulfide) groups is 1. The number of carbonyl (C=O) groups excluding carboxylic acids is 1. The van der Waals surface area contributed by atoms with Gasteiger partial charge in [0, 0.05) is 24.5 Å². The lowest BCUT2D eigenvalue weighted by Gasteiger charge is -2.22. The first kappa shape index (κ1) is 24.2. The summed E-state index contributed by atoms with van der Waals surface area (Å²) in [4.78, 5) is 16.0. The fraction of sp³-hybridized carbons (Fsp3) is 0.682. The molecule has 0 radical (unpaired) electrons. The summed E-state index contributed by atoms with van der Waals surface area (Å²) in [5, 5.41) is 0. The van der Waals surface area contributed by atoms with E-state index in [2.05, 4.69) is 18.6 Å². The maximum Gasteiger partial charge on any atom is 0.255 e. The van der Waals surface area contributed by atoms with Crippen molar-refractivity contribution >= 4 is 27.7 Å². The van der Waals surface area contributed by atoms with Gasteiger partial charge in [0.1, 0.15) is 0 Å². The maximum atomic E-state index is 13.1. The van der Waals surface area contributed by atoms with E-state index in [1.165, 1.54) is 11.8 Å². The zero-order chi connectivity index (χ0) is 21.3. The number of likely N-dealkylation sites (tertiary alicyclic amines) is 1. The number of rotatable bonds is 10. The number of nitrogens with zero attached hydrogens (tertiary/aromatic N) is 1. The number of hydrogen-bond donors (Lipinski definition) is 1. The van der Waals surface area contributed by atoms with Gasteiger partial charge in [0.05, 0.1) is 10.5 Å². The van der Waals surface area contributed by atoms with Gasteiger partial charge in [-0.05, 0) is 49.6 Å². The van der Waals surface area contributed by atoms with Gasteiger partial charge in [-0.15, -0.1) is 11.8 Å². The minimum absolute atomic E-state index is 0.0531. The quantitative estimate of drug-likeness (QED) is 0.525. The van der Waals surface area contributed by atoms with Crippen LogP contribution in [0, 0.1) is 5.92 Å². The topological polar surface area (TPSA) is 66.5 Å². The summed E-state index contributed by atoms with van der Waals surface area (Å²) in [6, 6.07) is 4.94. The molecule has 1 fully saturated rings. The molecule has 1 aromatic carbocycles. The van der Waals surface area contributed by atoms with Crippen LogP contribution in [0.1, 0.15) is 75.6 Å². The summed E-state index contributed by atoms with van der Waals surface area (Å²) in [6.07, 6.45) is 10.4. The lowest BCUT2D eigenvalue weighted by Crippen LogP contribution is -2.33. The molecular weight excluding hydrogens is 404 g/mol. The van der Waals surface area contributed by atoms with E-state index in [0.717, 1.165) is 69.4 Å². The third-order valence-electron chi connectivity index (χ3n) is 5.71. The third-order valence-corrected chi connectivity index (χ3v) is 7.93. The van der Waals surface area contributed by atoms with Crippen molar-refractivity contribution in [3.05, 3.63) is 23.8 Å². The van der Waals surface area contributed by atoms with Crippen LogP contribution in [0.2, 0.25) is 0 Å². The molecule has 2 rings (SSSR count). The van der Waals surface area contributed by atoms with Crippen molar-refractivity contribution in [2.45, 2.75) is 75.0 Å². The molecule has 0 saturated carbocycles. The average Bonchev–Trinajstić information content (AvgIpc) is 3.02. The largest absolute Gasteiger partial charge is 0.339 e. The minimum Gasteiger partial charge on any atom is -0.339 e. The van der Waals surface area contributed by atoms with Crippen LogP contribution in [0.4, 0.5) is 0 Å². The lowest BCUT2D eigenvalue weighted by atomic mass is 10.00. The number of unbranched alkanes of at least 4 members (excludes halogenated alkanes) is 1. The first-order valence-corrected chi connectivity index (χ1v) is 13.6. The molecule has 0 spiro atoms. The Balaban J connectivity index is 2.20. The number of nitrogens with one attached hydrogen (secondary N) is 1. The van der Waals surface area contributed by atoms with Crippen LogP contribution in [0.5, 0.6) is 0 Å². The second kappa shape index (κ2) is 12.0. The highest BCUT2D eigenvalue weighted by atomic mass is 32.2. The molecule has 164 valence electrons. The van der Waals surface area contributed by atoms with Gasteiger partial charge in [0.15, 0.2) is 0 Å².